The van der Waals surface area contributed by atoms with E-state index < -0.39 is 0 Å². The third-order valence-electron chi connectivity index (χ3n) is 2.79. The van der Waals surface area contributed by atoms with Crippen LogP contribution >= 0.6 is 15.9 Å². The molecule has 0 unspecified atom stereocenters. The Morgan fingerprint density at radius 3 is 2.60 bits per heavy atom. The summed E-state index contributed by atoms with van der Waals surface area (Å²) in [5.74, 6) is 0.739. The predicted octanol–water partition coefficient (Wildman–Crippen LogP) is 3.64. The summed E-state index contributed by atoms with van der Waals surface area (Å²) in [7, 11) is 0. The van der Waals surface area contributed by atoms with Crippen LogP contribution in [0.2, 0.25) is 0 Å². The Bertz CT molecular complexity index is 389. The molecule has 80 valence electrons. The Morgan fingerprint density at radius 1 is 1.33 bits per heavy atom. The van der Waals surface area contributed by atoms with Crippen molar-refractivity contribution >= 4 is 27.5 Å². The predicted molar refractivity (Wildman–Crippen MR) is 67.9 cm³/mol. The Balaban J connectivity index is 2.47. The molecule has 1 saturated heterocycles. The maximum absolute atomic E-state index is 7.90. The number of aryl methyl sites for hydroxylation is 2. The topological polar surface area (TPSA) is 27.1 Å². The van der Waals surface area contributed by atoms with E-state index in [1.807, 2.05) is 0 Å². The second kappa shape index (κ2) is 3.97. The molecule has 0 atom stereocenters. The number of nitrogens with one attached hydrogen (secondary N) is 1. The molecule has 1 heterocycles. The molecule has 1 aromatic rings. The van der Waals surface area contributed by atoms with Gasteiger partial charge in [-0.15, -0.1) is 0 Å². The number of amidine groups is 1. The van der Waals surface area contributed by atoms with Gasteiger partial charge in [0.15, 0.2) is 0 Å². The van der Waals surface area contributed by atoms with Crippen LogP contribution in [0, 0.1) is 19.3 Å². The quantitative estimate of drug-likeness (QED) is 0.826. The lowest BCUT2D eigenvalue weighted by Crippen LogP contribution is -2.24. The molecule has 15 heavy (non-hydrogen) atoms. The summed E-state index contributed by atoms with van der Waals surface area (Å²) in [5.41, 5.74) is 3.67. The molecular formula is C12H15BrN2. The largest absolute Gasteiger partial charge is 0.329 e. The van der Waals surface area contributed by atoms with Crippen molar-refractivity contribution < 1.29 is 0 Å². The van der Waals surface area contributed by atoms with Gasteiger partial charge in [-0.2, -0.15) is 0 Å². The molecule has 0 bridgehead atoms. The van der Waals surface area contributed by atoms with Gasteiger partial charge in [0.1, 0.15) is 5.84 Å². The van der Waals surface area contributed by atoms with Gasteiger partial charge in [0, 0.05) is 17.4 Å². The lowest BCUT2D eigenvalue weighted by Gasteiger charge is -2.22. The van der Waals surface area contributed by atoms with E-state index in [9.17, 15) is 0 Å². The van der Waals surface area contributed by atoms with Gasteiger partial charge >= 0.3 is 0 Å². The van der Waals surface area contributed by atoms with Gasteiger partial charge in [-0.3, -0.25) is 5.41 Å². The lowest BCUT2D eigenvalue weighted by atomic mass is 10.1. The van der Waals surface area contributed by atoms with Crippen LogP contribution in [0.4, 0.5) is 5.69 Å². The number of halogens is 1. The maximum atomic E-state index is 7.90. The number of hydrogen-bond donors (Lipinski definition) is 1. The number of rotatable bonds is 1. The summed E-state index contributed by atoms with van der Waals surface area (Å²) in [5, 5.41) is 7.90. The summed E-state index contributed by atoms with van der Waals surface area (Å²) in [6.07, 6.45) is 2.00. The Kier molecular flexibility index (Phi) is 2.83. The summed E-state index contributed by atoms with van der Waals surface area (Å²) >= 11 is 3.60. The SMILES string of the molecule is Cc1cc(C)c(N2CCCC2=N)c(Br)c1. The molecule has 1 fully saturated rings. The summed E-state index contributed by atoms with van der Waals surface area (Å²) in [4.78, 5) is 2.11. The highest BCUT2D eigenvalue weighted by Gasteiger charge is 2.21. The smallest absolute Gasteiger partial charge is 0.100 e. The minimum Gasteiger partial charge on any atom is -0.329 e. The normalized spacial score (nSPS) is 16.2. The van der Waals surface area contributed by atoms with E-state index in [4.69, 9.17) is 5.41 Å². The fraction of sp³-hybridized carbons (Fsp3) is 0.417. The standard InChI is InChI=1S/C12H15BrN2/c1-8-6-9(2)12(10(13)7-8)15-5-3-4-11(15)14/h6-7,14H,3-5H2,1-2H3. The summed E-state index contributed by atoms with van der Waals surface area (Å²) in [6, 6.07) is 4.29. The zero-order valence-electron chi connectivity index (χ0n) is 9.10. The number of nitrogens with zero attached hydrogens (tertiary/aromatic N) is 1. The zero-order chi connectivity index (χ0) is 11.0. The van der Waals surface area contributed by atoms with Crippen molar-refractivity contribution in [3.63, 3.8) is 0 Å². The summed E-state index contributed by atoms with van der Waals surface area (Å²) in [6.45, 7) is 5.18. The van der Waals surface area contributed by atoms with E-state index in [1.165, 1.54) is 16.8 Å². The van der Waals surface area contributed by atoms with E-state index in [0.29, 0.717) is 0 Å². The van der Waals surface area contributed by atoms with Crippen molar-refractivity contribution in [2.45, 2.75) is 26.7 Å². The van der Waals surface area contributed by atoms with Gasteiger partial charge in [-0.05, 0) is 53.4 Å². The average Bonchev–Trinajstić information content (AvgIpc) is 2.50. The number of benzene rings is 1. The Labute approximate surface area is 98.9 Å². The van der Waals surface area contributed by atoms with Crippen molar-refractivity contribution in [1.82, 2.24) is 0 Å². The second-order valence-electron chi connectivity index (χ2n) is 4.11. The minimum absolute atomic E-state index is 0.739. The third kappa shape index (κ3) is 1.93. The highest BCUT2D eigenvalue weighted by Crippen LogP contribution is 2.33. The van der Waals surface area contributed by atoms with Crippen molar-refractivity contribution in [3.8, 4) is 0 Å². The molecule has 0 aliphatic carbocycles. The van der Waals surface area contributed by atoms with Crippen molar-refractivity contribution in [2.75, 3.05) is 11.4 Å². The molecule has 3 heteroatoms. The second-order valence-corrected chi connectivity index (χ2v) is 4.97. The van der Waals surface area contributed by atoms with Gasteiger partial charge in [0.2, 0.25) is 0 Å². The van der Waals surface area contributed by atoms with E-state index >= 15 is 0 Å². The van der Waals surface area contributed by atoms with Crippen LogP contribution in [-0.4, -0.2) is 12.4 Å². The average molecular weight is 267 g/mol. The Morgan fingerprint density at radius 2 is 2.07 bits per heavy atom. The number of hydrogen-bond acceptors (Lipinski definition) is 1. The van der Waals surface area contributed by atoms with E-state index in [1.54, 1.807) is 0 Å². The fourth-order valence-corrected chi connectivity index (χ4v) is 3.06. The molecule has 0 saturated carbocycles. The molecular weight excluding hydrogens is 252 g/mol. The fourth-order valence-electron chi connectivity index (χ4n) is 2.17. The van der Waals surface area contributed by atoms with Crippen molar-refractivity contribution in [2.24, 2.45) is 0 Å². The molecule has 1 aliphatic rings. The first kappa shape index (κ1) is 10.7. The van der Waals surface area contributed by atoms with Crippen LogP contribution in [0.3, 0.4) is 0 Å². The first-order chi connectivity index (χ1) is 7.09. The van der Waals surface area contributed by atoms with Crippen LogP contribution in [-0.2, 0) is 0 Å². The van der Waals surface area contributed by atoms with Crippen LogP contribution in [0.1, 0.15) is 24.0 Å². The van der Waals surface area contributed by atoms with Crippen molar-refractivity contribution in [1.29, 1.82) is 5.41 Å². The lowest BCUT2D eigenvalue weighted by molar-refractivity contribution is 0.952. The molecule has 1 aliphatic heterocycles. The van der Waals surface area contributed by atoms with Crippen LogP contribution in [0.25, 0.3) is 0 Å². The molecule has 0 amide bonds. The first-order valence-electron chi connectivity index (χ1n) is 5.21. The zero-order valence-corrected chi connectivity index (χ0v) is 10.7. The maximum Gasteiger partial charge on any atom is 0.100 e. The van der Waals surface area contributed by atoms with Crippen LogP contribution < -0.4 is 4.90 Å². The van der Waals surface area contributed by atoms with Crippen molar-refractivity contribution in [3.05, 3.63) is 27.7 Å². The molecule has 1 aromatic carbocycles. The number of anilines is 1. The summed E-state index contributed by atoms with van der Waals surface area (Å²) < 4.78 is 1.10. The van der Waals surface area contributed by atoms with Crippen LogP contribution in [0.5, 0.6) is 0 Å². The Hall–Kier alpha value is -0.830. The molecule has 2 rings (SSSR count). The molecule has 0 aromatic heterocycles. The van der Waals surface area contributed by atoms with Gasteiger partial charge < -0.3 is 4.90 Å². The minimum atomic E-state index is 0.739. The van der Waals surface area contributed by atoms with Gasteiger partial charge in [-0.25, -0.2) is 0 Å². The van der Waals surface area contributed by atoms with Gasteiger partial charge in [-0.1, -0.05) is 6.07 Å². The highest BCUT2D eigenvalue weighted by molar-refractivity contribution is 9.10. The van der Waals surface area contributed by atoms with E-state index in [0.717, 1.165) is 29.7 Å². The van der Waals surface area contributed by atoms with E-state index in [2.05, 4.69) is 46.8 Å². The third-order valence-corrected chi connectivity index (χ3v) is 3.39. The monoisotopic (exact) mass is 266 g/mol. The molecule has 1 N–H and O–H groups in total. The van der Waals surface area contributed by atoms with Crippen LogP contribution in [0.15, 0.2) is 16.6 Å². The highest BCUT2D eigenvalue weighted by atomic mass is 79.9. The molecule has 2 nitrogen and oxygen atoms in total. The van der Waals surface area contributed by atoms with Gasteiger partial charge in [0.25, 0.3) is 0 Å². The van der Waals surface area contributed by atoms with E-state index in [-0.39, 0.29) is 0 Å². The van der Waals surface area contributed by atoms with Gasteiger partial charge in [0.05, 0.1) is 5.69 Å². The first-order valence-corrected chi connectivity index (χ1v) is 6.00. The molecule has 0 spiro atoms. The molecule has 0 radical (unpaired) electrons.